The number of carbonyl (C=O) groups is 1. The minimum atomic E-state index is -0.761. The molecular formula is C13H24O2. The van der Waals surface area contributed by atoms with Crippen LogP contribution in [0.1, 0.15) is 59.3 Å². The van der Waals surface area contributed by atoms with Crippen LogP contribution in [0.15, 0.2) is 11.6 Å². The predicted molar refractivity (Wildman–Crippen MR) is 63.9 cm³/mol. The fourth-order valence-corrected chi connectivity index (χ4v) is 1.67. The summed E-state index contributed by atoms with van der Waals surface area (Å²) in [5.74, 6) is -0.103. The Balaban J connectivity index is 4.10. The molecule has 2 nitrogen and oxygen atoms in total. The van der Waals surface area contributed by atoms with Gasteiger partial charge in [-0.05, 0) is 18.8 Å². The standard InChI is InChI=1S/C13H24O2/c1-4-7-8-11(5-2)9-10-12(6-3)13(14)15/h10-11H,4-9H2,1-3H3,(H,14,15). The molecule has 1 N–H and O–H groups in total. The Hall–Kier alpha value is -0.790. The van der Waals surface area contributed by atoms with E-state index < -0.39 is 5.97 Å². The molecule has 0 heterocycles. The van der Waals surface area contributed by atoms with Crippen LogP contribution in [-0.4, -0.2) is 11.1 Å². The molecule has 0 radical (unpaired) electrons. The predicted octanol–water partition coefficient (Wildman–Crippen LogP) is 4.01. The third kappa shape index (κ3) is 6.32. The maximum atomic E-state index is 10.8. The molecule has 0 aromatic carbocycles. The first-order valence-electron chi connectivity index (χ1n) is 6.07. The summed E-state index contributed by atoms with van der Waals surface area (Å²) in [5.41, 5.74) is 0.560. The quantitative estimate of drug-likeness (QED) is 0.617. The maximum Gasteiger partial charge on any atom is 0.331 e. The first-order chi connectivity index (χ1) is 7.15. The molecule has 88 valence electrons. The van der Waals surface area contributed by atoms with Gasteiger partial charge in [0.05, 0.1) is 0 Å². The van der Waals surface area contributed by atoms with Crippen LogP contribution < -0.4 is 0 Å². The van der Waals surface area contributed by atoms with Crippen LogP contribution in [0.25, 0.3) is 0 Å². The van der Waals surface area contributed by atoms with E-state index in [1.54, 1.807) is 0 Å². The van der Waals surface area contributed by atoms with Crippen LogP contribution in [0.3, 0.4) is 0 Å². The first-order valence-corrected chi connectivity index (χ1v) is 6.07. The Morgan fingerprint density at radius 2 is 2.00 bits per heavy atom. The molecule has 0 aromatic heterocycles. The zero-order valence-electron chi connectivity index (χ0n) is 10.3. The number of unbranched alkanes of at least 4 members (excludes halogenated alkanes) is 1. The maximum absolute atomic E-state index is 10.8. The van der Waals surface area contributed by atoms with Gasteiger partial charge in [0.1, 0.15) is 0 Å². The molecule has 0 aromatic rings. The van der Waals surface area contributed by atoms with Crippen LogP contribution in [0.5, 0.6) is 0 Å². The van der Waals surface area contributed by atoms with Crippen LogP contribution in [0, 0.1) is 5.92 Å². The summed E-state index contributed by atoms with van der Waals surface area (Å²) in [5, 5.41) is 8.87. The van der Waals surface area contributed by atoms with E-state index in [0.29, 0.717) is 17.9 Å². The van der Waals surface area contributed by atoms with E-state index in [0.717, 1.165) is 12.8 Å². The smallest absolute Gasteiger partial charge is 0.331 e. The number of aliphatic carboxylic acids is 1. The van der Waals surface area contributed by atoms with Crippen molar-refractivity contribution in [2.45, 2.75) is 59.3 Å². The molecule has 0 saturated carbocycles. The number of carboxylic acid groups (broad SMARTS) is 1. The average molecular weight is 212 g/mol. The molecule has 0 aliphatic carbocycles. The van der Waals surface area contributed by atoms with E-state index in [-0.39, 0.29) is 0 Å². The Morgan fingerprint density at radius 1 is 1.33 bits per heavy atom. The minimum Gasteiger partial charge on any atom is -0.478 e. The van der Waals surface area contributed by atoms with Crippen molar-refractivity contribution < 1.29 is 9.90 Å². The van der Waals surface area contributed by atoms with Crippen LogP contribution in [-0.2, 0) is 4.79 Å². The molecule has 2 heteroatoms. The highest BCUT2D eigenvalue weighted by molar-refractivity contribution is 5.86. The lowest BCUT2D eigenvalue weighted by Gasteiger charge is -2.11. The summed E-state index contributed by atoms with van der Waals surface area (Å²) in [4.78, 5) is 10.8. The number of hydrogen-bond acceptors (Lipinski definition) is 1. The molecule has 0 bridgehead atoms. The normalized spacial score (nSPS) is 13.9. The third-order valence-corrected chi connectivity index (χ3v) is 2.90. The van der Waals surface area contributed by atoms with Gasteiger partial charge in [0.15, 0.2) is 0 Å². The third-order valence-electron chi connectivity index (χ3n) is 2.90. The van der Waals surface area contributed by atoms with E-state index in [1.807, 2.05) is 13.0 Å². The van der Waals surface area contributed by atoms with E-state index >= 15 is 0 Å². The van der Waals surface area contributed by atoms with Crippen molar-refractivity contribution in [1.29, 1.82) is 0 Å². The fourth-order valence-electron chi connectivity index (χ4n) is 1.67. The zero-order valence-corrected chi connectivity index (χ0v) is 10.3. The lowest BCUT2D eigenvalue weighted by Crippen LogP contribution is -2.02. The van der Waals surface area contributed by atoms with Gasteiger partial charge in [0, 0.05) is 5.57 Å². The molecular weight excluding hydrogens is 188 g/mol. The first kappa shape index (κ1) is 14.2. The van der Waals surface area contributed by atoms with Gasteiger partial charge in [-0.15, -0.1) is 0 Å². The van der Waals surface area contributed by atoms with Crippen molar-refractivity contribution in [2.24, 2.45) is 5.92 Å². The molecule has 0 fully saturated rings. The Bertz CT molecular complexity index is 207. The second kappa shape index (κ2) is 8.51. The van der Waals surface area contributed by atoms with Gasteiger partial charge in [-0.25, -0.2) is 4.79 Å². The number of rotatable bonds is 8. The van der Waals surface area contributed by atoms with Crippen molar-refractivity contribution in [3.63, 3.8) is 0 Å². The molecule has 1 unspecified atom stereocenters. The molecule has 0 spiro atoms. The van der Waals surface area contributed by atoms with Crippen LogP contribution >= 0.6 is 0 Å². The van der Waals surface area contributed by atoms with Gasteiger partial charge in [-0.1, -0.05) is 52.5 Å². The highest BCUT2D eigenvalue weighted by Crippen LogP contribution is 2.18. The fraction of sp³-hybridized carbons (Fsp3) is 0.769. The van der Waals surface area contributed by atoms with E-state index in [4.69, 9.17) is 5.11 Å². The van der Waals surface area contributed by atoms with E-state index in [9.17, 15) is 4.79 Å². The average Bonchev–Trinajstić information content (AvgIpc) is 2.23. The topological polar surface area (TPSA) is 37.3 Å². The number of carboxylic acids is 1. The second-order valence-electron chi connectivity index (χ2n) is 4.04. The van der Waals surface area contributed by atoms with Gasteiger partial charge in [-0.3, -0.25) is 0 Å². The lowest BCUT2D eigenvalue weighted by molar-refractivity contribution is -0.132. The summed E-state index contributed by atoms with van der Waals surface area (Å²) in [7, 11) is 0. The van der Waals surface area contributed by atoms with Gasteiger partial charge >= 0.3 is 5.97 Å². The van der Waals surface area contributed by atoms with Crippen LogP contribution in [0.2, 0.25) is 0 Å². The molecule has 0 aliphatic heterocycles. The Morgan fingerprint density at radius 3 is 2.40 bits per heavy atom. The largest absolute Gasteiger partial charge is 0.478 e. The summed E-state index contributed by atoms with van der Waals surface area (Å²) in [6.45, 7) is 6.27. The molecule has 0 amide bonds. The van der Waals surface area contributed by atoms with Gasteiger partial charge in [0.25, 0.3) is 0 Å². The highest BCUT2D eigenvalue weighted by atomic mass is 16.4. The number of hydrogen-bond donors (Lipinski definition) is 1. The summed E-state index contributed by atoms with van der Waals surface area (Å²) < 4.78 is 0. The molecule has 15 heavy (non-hydrogen) atoms. The van der Waals surface area contributed by atoms with E-state index in [2.05, 4.69) is 13.8 Å². The summed E-state index contributed by atoms with van der Waals surface area (Å²) in [6, 6.07) is 0. The lowest BCUT2D eigenvalue weighted by atomic mass is 9.94. The van der Waals surface area contributed by atoms with Crippen molar-refractivity contribution >= 4 is 5.97 Å². The van der Waals surface area contributed by atoms with Gasteiger partial charge < -0.3 is 5.11 Å². The highest BCUT2D eigenvalue weighted by Gasteiger charge is 2.07. The second-order valence-corrected chi connectivity index (χ2v) is 4.04. The zero-order chi connectivity index (χ0) is 11.7. The SMILES string of the molecule is CCCCC(CC)CC=C(CC)C(=O)O. The van der Waals surface area contributed by atoms with Crippen molar-refractivity contribution in [1.82, 2.24) is 0 Å². The summed E-state index contributed by atoms with van der Waals surface area (Å²) in [6.07, 6.45) is 8.30. The molecule has 0 saturated heterocycles. The van der Waals surface area contributed by atoms with Gasteiger partial charge in [-0.2, -0.15) is 0 Å². The monoisotopic (exact) mass is 212 g/mol. The Kier molecular flexibility index (Phi) is 8.06. The Labute approximate surface area is 93.4 Å². The van der Waals surface area contributed by atoms with Gasteiger partial charge in [0.2, 0.25) is 0 Å². The minimum absolute atomic E-state index is 0.560. The molecule has 0 aliphatic rings. The molecule has 0 rings (SSSR count). The summed E-state index contributed by atoms with van der Waals surface area (Å²) >= 11 is 0. The molecule has 1 atom stereocenters. The number of allylic oxidation sites excluding steroid dienone is 1. The van der Waals surface area contributed by atoms with Crippen molar-refractivity contribution in [2.75, 3.05) is 0 Å². The van der Waals surface area contributed by atoms with Crippen molar-refractivity contribution in [3.8, 4) is 0 Å². The van der Waals surface area contributed by atoms with Crippen LogP contribution in [0.4, 0.5) is 0 Å². The van der Waals surface area contributed by atoms with E-state index in [1.165, 1.54) is 19.3 Å². The van der Waals surface area contributed by atoms with Crippen molar-refractivity contribution in [3.05, 3.63) is 11.6 Å².